The van der Waals surface area contributed by atoms with Crippen molar-refractivity contribution in [1.82, 2.24) is 44.6 Å². The minimum Gasteiger partial charge on any atom is -0.424 e. The average Bonchev–Trinajstić information content (AvgIpc) is 3.14. The van der Waals surface area contributed by atoms with Gasteiger partial charge in [0.1, 0.15) is 0 Å². The smallest absolute Gasteiger partial charge is 0.336 e. The van der Waals surface area contributed by atoms with E-state index in [0.717, 1.165) is 19.3 Å². The zero-order valence-electron chi connectivity index (χ0n) is 49.2. The van der Waals surface area contributed by atoms with Gasteiger partial charge in [0, 0.05) is 39.3 Å². The summed E-state index contributed by atoms with van der Waals surface area (Å²) in [6, 6.07) is -0.945. The number of hydrogen-bond acceptors (Lipinski definition) is 15. The molecular weight excluding hydrogens is 1120 g/mol. The van der Waals surface area contributed by atoms with Gasteiger partial charge < -0.3 is 71.8 Å². The van der Waals surface area contributed by atoms with Gasteiger partial charge in [-0.2, -0.15) is 0 Å². The summed E-state index contributed by atoms with van der Waals surface area (Å²) in [5.41, 5.74) is -1.89. The number of aromatic nitrogens is 3. The minimum absolute atomic E-state index is 0.142. The second kappa shape index (κ2) is 30.4. The van der Waals surface area contributed by atoms with Crippen LogP contribution < -0.4 is 64.2 Å². The fourth-order valence-electron chi connectivity index (χ4n) is 8.94. The molecule has 0 aliphatic heterocycles. The second-order valence-electron chi connectivity index (χ2n) is 23.8. The summed E-state index contributed by atoms with van der Waals surface area (Å²) in [6.07, 6.45) is 7.91. The van der Waals surface area contributed by atoms with Gasteiger partial charge in [-0.15, -0.1) is 0 Å². The number of nitrogens with one attached hydrogen (secondary N) is 6. The Balaban J connectivity index is 2.90. The maximum atomic E-state index is 13.8. The van der Waals surface area contributed by atoms with Crippen LogP contribution in [0.15, 0.2) is 14.4 Å². The van der Waals surface area contributed by atoms with Crippen molar-refractivity contribution < 1.29 is 39.1 Å². The van der Waals surface area contributed by atoms with Crippen molar-refractivity contribution in [2.45, 2.75) is 215 Å². The van der Waals surface area contributed by atoms with E-state index in [0.29, 0.717) is 77.4 Å². The van der Waals surface area contributed by atoms with E-state index in [-0.39, 0.29) is 37.7 Å². The summed E-state index contributed by atoms with van der Waals surface area (Å²) in [7, 11) is -22.4. The normalized spacial score (nSPS) is 13.4. The highest BCUT2D eigenvalue weighted by Gasteiger charge is 2.42. The molecule has 0 unspecified atom stereocenters. The molecule has 12 N–H and O–H groups in total. The summed E-state index contributed by atoms with van der Waals surface area (Å²) < 4.78 is 40.6. The van der Waals surface area contributed by atoms with Crippen molar-refractivity contribution in [1.29, 1.82) is 0 Å². The molecule has 6 amide bonds. The summed E-state index contributed by atoms with van der Waals surface area (Å²) >= 11 is 0. The maximum absolute atomic E-state index is 13.8. The molecule has 24 nitrogen and oxygen atoms in total. The number of nitrogens with two attached hydrogens (primary N) is 3. The van der Waals surface area contributed by atoms with E-state index in [2.05, 4.69) is 30.9 Å². The molecule has 33 heteroatoms. The van der Waals surface area contributed by atoms with Gasteiger partial charge in [-0.25, -0.2) is 42.5 Å². The van der Waals surface area contributed by atoms with Crippen LogP contribution in [0.25, 0.3) is 0 Å². The van der Waals surface area contributed by atoms with Crippen LogP contribution in [0.1, 0.15) is 77.0 Å². The number of rotatable bonds is 36. The van der Waals surface area contributed by atoms with Crippen molar-refractivity contribution in [3.05, 3.63) is 31.5 Å². The Morgan fingerprint density at radius 2 is 0.547 bits per heavy atom. The zero-order valence-corrected chi connectivity index (χ0v) is 58.2. The lowest BCUT2D eigenvalue weighted by Gasteiger charge is -2.36. The van der Waals surface area contributed by atoms with Gasteiger partial charge in [0.25, 0.3) is 50.9 Å². The molecule has 0 radical (unpaired) electrons. The number of amides is 6. The Morgan fingerprint density at radius 1 is 0.347 bits per heavy atom. The van der Waals surface area contributed by atoms with E-state index in [1.807, 2.05) is 118 Å². The minimum atomic E-state index is -2.61. The van der Waals surface area contributed by atoms with Gasteiger partial charge in [-0.05, 0) is 156 Å². The molecule has 0 saturated heterocycles. The molecule has 0 atom stereocenters. The first kappa shape index (κ1) is 70.8. The third kappa shape index (κ3) is 33.1. The van der Waals surface area contributed by atoms with E-state index >= 15 is 0 Å². The van der Waals surface area contributed by atoms with Crippen LogP contribution in [0.4, 0.5) is 14.4 Å². The van der Waals surface area contributed by atoms with E-state index in [9.17, 15) is 28.8 Å². The van der Waals surface area contributed by atoms with Crippen LogP contribution in [0.5, 0.6) is 0 Å². The Hall–Kier alpha value is -2.19. The van der Waals surface area contributed by atoms with Crippen molar-refractivity contribution >= 4 is 94.6 Å². The number of urea groups is 3. The van der Waals surface area contributed by atoms with Crippen LogP contribution in [-0.4, -0.2) is 128 Å². The molecule has 1 rings (SSSR count). The second-order valence-corrected chi connectivity index (χ2v) is 56.6. The van der Waals surface area contributed by atoms with E-state index in [1.54, 1.807) is 0 Å². The molecule has 0 saturated carbocycles. The van der Waals surface area contributed by atoms with Gasteiger partial charge >= 0.3 is 60.8 Å². The molecule has 0 bridgehead atoms. The fourth-order valence-corrected chi connectivity index (χ4v) is 43.0. The molecule has 0 fully saturated rings. The first-order valence-corrected chi connectivity index (χ1v) is 52.8. The summed E-state index contributed by atoms with van der Waals surface area (Å²) in [5, 5.41) is 27.2. The molecule has 438 valence electrons. The maximum Gasteiger partial charge on any atom is 0.336 e. The molecule has 1 heterocycles. The molecule has 0 aliphatic carbocycles. The van der Waals surface area contributed by atoms with Gasteiger partial charge in [-0.3, -0.25) is 0 Å². The van der Waals surface area contributed by atoms with Crippen LogP contribution in [0.3, 0.4) is 0 Å². The van der Waals surface area contributed by atoms with E-state index in [1.165, 1.54) is 13.7 Å². The summed E-state index contributed by atoms with van der Waals surface area (Å²) in [5.74, 6) is 0. The number of carbonyl (C=O) groups is 3. The number of unbranched alkanes of at least 4 members (excludes halogenated alkanes) is 9. The predicted molar refractivity (Wildman–Crippen MR) is 321 cm³/mol. The topological polar surface area (TPSA) is 323 Å². The van der Waals surface area contributed by atoms with Crippen LogP contribution >= 0.6 is 0 Å². The van der Waals surface area contributed by atoms with Gasteiger partial charge in [0.2, 0.25) is 0 Å². The zero-order chi connectivity index (χ0) is 57.9. The average molecular weight is 1220 g/mol. The highest BCUT2D eigenvalue weighted by molar-refractivity contribution is 6.88. The number of hydrogen-bond donors (Lipinski definition) is 9. The molecule has 0 aliphatic rings. The van der Waals surface area contributed by atoms with Gasteiger partial charge in [0.15, 0.2) is 0 Å². The lowest BCUT2D eigenvalue weighted by molar-refractivity contribution is 0.242. The lowest BCUT2D eigenvalue weighted by Crippen LogP contribution is -2.62. The predicted octanol–water partition coefficient (Wildman–Crippen LogP) is 5.04. The quantitative estimate of drug-likeness (QED) is 0.0314. The first-order valence-electron chi connectivity index (χ1n) is 26.6. The molecular formula is C42H102N12O12Si9. The highest BCUT2D eigenvalue weighted by Crippen LogP contribution is 2.20. The molecule has 0 aromatic carbocycles. The van der Waals surface area contributed by atoms with Gasteiger partial charge in [-0.1, -0.05) is 38.5 Å². The molecule has 75 heavy (non-hydrogen) atoms. The van der Waals surface area contributed by atoms with Gasteiger partial charge in [0.05, 0.1) is 0 Å². The molecule has 1 aromatic heterocycles. The third-order valence-corrected chi connectivity index (χ3v) is 37.2. The number of carbonyl (C=O) groups excluding carboxylic acids is 3. The van der Waals surface area contributed by atoms with Crippen LogP contribution in [-0.2, 0) is 44.3 Å². The summed E-state index contributed by atoms with van der Waals surface area (Å²) in [6.45, 7) is 36.1. The molecule has 1 aromatic rings. The Labute approximate surface area is 457 Å². The van der Waals surface area contributed by atoms with Crippen LogP contribution in [0.2, 0.25) is 118 Å². The SMILES string of the molecule is C[Si](C)(N)O[Si](C)(C)O[Si](C)(C)NC(=O)NCCCCCCn1c(=O)n(CCCCCCNC(=O)N[Si](C)(C)O[Si](C)(C)O[Si](C)(C)N)c(=O)n(CCCCCCNC(=O)N[Si](C)(C)O[Si](C)(C)O[Si](C)(C)N)c1=O. The van der Waals surface area contributed by atoms with Crippen molar-refractivity contribution in [3.63, 3.8) is 0 Å². The standard InChI is InChI=1S/C42H102N12O12Si9/c1-67(2,43)61-73(13,14)64-70(7,8)49-37(55)46-31-25-19-22-28-34-52-40(58)53(35-29-23-20-26-32-47-38(56)50-71(9,10)65-74(15,16)62-68(3,4)44)42(60)54(41(52)59)36-30-24-21-27-33-48-39(57)51-72(11,12)66-75(17,18)63-69(5,6)45/h19-36,43-45H2,1-18H3,(H2,46,49,55)(H2,47,50,56)(H2,48,51,57). The Bertz CT molecular complexity index is 1880. The van der Waals surface area contributed by atoms with Crippen LogP contribution in [0, 0.1) is 0 Å². The number of nitrogens with zero attached hydrogens (tertiary/aromatic N) is 3. The first-order chi connectivity index (χ1) is 33.9. The Kier molecular flexibility index (Phi) is 28.7. The summed E-state index contributed by atoms with van der Waals surface area (Å²) in [4.78, 5) is 88.7. The van der Waals surface area contributed by atoms with E-state index < -0.39 is 93.6 Å². The largest absolute Gasteiger partial charge is 0.424 e. The van der Waals surface area contributed by atoms with Crippen molar-refractivity contribution in [2.75, 3.05) is 19.6 Å². The highest BCUT2D eigenvalue weighted by atomic mass is 28.5. The Morgan fingerprint density at radius 3 is 0.747 bits per heavy atom. The monoisotopic (exact) mass is 1220 g/mol. The fraction of sp³-hybridized carbons (Fsp3) is 0.857. The molecule has 0 spiro atoms. The van der Waals surface area contributed by atoms with Crippen molar-refractivity contribution in [3.8, 4) is 0 Å². The third-order valence-electron chi connectivity index (χ3n) is 10.4. The van der Waals surface area contributed by atoms with Crippen molar-refractivity contribution in [2.24, 2.45) is 16.2 Å². The van der Waals surface area contributed by atoms with E-state index in [4.69, 9.17) is 40.9 Å². The lowest BCUT2D eigenvalue weighted by atomic mass is 10.2.